The number of anilines is 1. The maximum atomic E-state index is 13.6. The van der Waals surface area contributed by atoms with Gasteiger partial charge in [-0.3, -0.25) is 0 Å². The highest BCUT2D eigenvalue weighted by molar-refractivity contribution is 6.35. The fourth-order valence-electron chi connectivity index (χ4n) is 2.05. The first-order chi connectivity index (χ1) is 10.0. The normalized spacial score (nSPS) is 12.0. The van der Waals surface area contributed by atoms with Gasteiger partial charge < -0.3 is 10.1 Å². The Labute approximate surface area is 133 Å². The van der Waals surface area contributed by atoms with Gasteiger partial charge in [0.05, 0.1) is 23.4 Å². The Morgan fingerprint density at radius 1 is 1.19 bits per heavy atom. The second-order valence-corrected chi connectivity index (χ2v) is 5.40. The fourth-order valence-corrected chi connectivity index (χ4v) is 2.59. The summed E-state index contributed by atoms with van der Waals surface area (Å²) >= 11 is 11.9. The van der Waals surface area contributed by atoms with E-state index in [0.717, 1.165) is 11.4 Å². The molecule has 21 heavy (non-hydrogen) atoms. The minimum Gasteiger partial charge on any atom is -0.492 e. The van der Waals surface area contributed by atoms with E-state index in [4.69, 9.17) is 27.9 Å². The zero-order valence-electron chi connectivity index (χ0n) is 11.8. The molecule has 0 aliphatic heterocycles. The summed E-state index contributed by atoms with van der Waals surface area (Å²) in [4.78, 5) is 0. The van der Waals surface area contributed by atoms with E-state index >= 15 is 0 Å². The molecule has 0 heterocycles. The number of halogens is 3. The molecule has 0 saturated carbocycles. The van der Waals surface area contributed by atoms with Crippen LogP contribution in [0.25, 0.3) is 0 Å². The maximum absolute atomic E-state index is 13.6. The second-order valence-electron chi connectivity index (χ2n) is 4.58. The zero-order chi connectivity index (χ0) is 15.4. The van der Waals surface area contributed by atoms with Gasteiger partial charge in [0.2, 0.25) is 0 Å². The van der Waals surface area contributed by atoms with Crippen molar-refractivity contribution in [2.24, 2.45) is 0 Å². The van der Waals surface area contributed by atoms with Crippen molar-refractivity contribution in [2.75, 3.05) is 11.9 Å². The van der Waals surface area contributed by atoms with Gasteiger partial charge in [0.25, 0.3) is 0 Å². The maximum Gasteiger partial charge on any atom is 0.142 e. The summed E-state index contributed by atoms with van der Waals surface area (Å²) in [7, 11) is 0. The lowest BCUT2D eigenvalue weighted by Gasteiger charge is -2.19. The first-order valence-corrected chi connectivity index (χ1v) is 7.41. The average molecular weight is 328 g/mol. The lowest BCUT2D eigenvalue weighted by Crippen LogP contribution is -2.09. The van der Waals surface area contributed by atoms with E-state index in [-0.39, 0.29) is 11.1 Å². The van der Waals surface area contributed by atoms with Crippen LogP contribution in [0, 0.1) is 5.82 Å². The van der Waals surface area contributed by atoms with Crippen molar-refractivity contribution in [1.82, 2.24) is 0 Å². The molecule has 0 saturated heterocycles. The van der Waals surface area contributed by atoms with Crippen molar-refractivity contribution < 1.29 is 9.13 Å². The van der Waals surface area contributed by atoms with Crippen LogP contribution in [-0.2, 0) is 0 Å². The number of benzene rings is 2. The molecule has 2 aromatic rings. The Kier molecular flexibility index (Phi) is 5.32. The molecule has 0 amide bonds. The van der Waals surface area contributed by atoms with Gasteiger partial charge in [0, 0.05) is 5.02 Å². The van der Waals surface area contributed by atoms with Crippen molar-refractivity contribution in [3.63, 3.8) is 0 Å². The Bertz CT molecular complexity index is 634. The van der Waals surface area contributed by atoms with Crippen molar-refractivity contribution in [1.29, 1.82) is 0 Å². The molecule has 0 bridgehead atoms. The smallest absolute Gasteiger partial charge is 0.142 e. The fraction of sp³-hybridized carbons (Fsp3) is 0.250. The van der Waals surface area contributed by atoms with Gasteiger partial charge in [-0.15, -0.1) is 0 Å². The van der Waals surface area contributed by atoms with E-state index in [1.54, 1.807) is 0 Å². The van der Waals surface area contributed by atoms with Gasteiger partial charge in [0.15, 0.2) is 0 Å². The van der Waals surface area contributed by atoms with Crippen molar-refractivity contribution in [3.8, 4) is 5.75 Å². The molecule has 1 atom stereocenters. The van der Waals surface area contributed by atoms with E-state index in [1.165, 1.54) is 12.1 Å². The number of ether oxygens (including phenoxy) is 1. The molecule has 2 aromatic carbocycles. The summed E-state index contributed by atoms with van der Waals surface area (Å²) in [5, 5.41) is 3.73. The number of hydrogen-bond donors (Lipinski definition) is 1. The number of rotatable bonds is 5. The van der Waals surface area contributed by atoms with Crippen LogP contribution in [0.5, 0.6) is 5.75 Å². The minimum atomic E-state index is -0.484. The summed E-state index contributed by atoms with van der Waals surface area (Å²) in [6, 6.07) is 10.2. The topological polar surface area (TPSA) is 21.3 Å². The van der Waals surface area contributed by atoms with Gasteiger partial charge in [-0.05, 0) is 43.7 Å². The zero-order valence-corrected chi connectivity index (χ0v) is 13.3. The molecular formula is C16H16Cl2FNO. The molecule has 0 fully saturated rings. The Balaban J connectivity index is 2.26. The molecular weight excluding hydrogens is 312 g/mol. The lowest BCUT2D eigenvalue weighted by molar-refractivity contribution is 0.341. The largest absolute Gasteiger partial charge is 0.492 e. The highest BCUT2D eigenvalue weighted by Crippen LogP contribution is 2.33. The molecule has 1 unspecified atom stereocenters. The first-order valence-electron chi connectivity index (χ1n) is 6.65. The average Bonchev–Trinajstić information content (AvgIpc) is 2.45. The third kappa shape index (κ3) is 3.80. The van der Waals surface area contributed by atoms with Crippen LogP contribution in [0.15, 0.2) is 36.4 Å². The third-order valence-corrected chi connectivity index (χ3v) is 3.68. The van der Waals surface area contributed by atoms with Gasteiger partial charge in [-0.1, -0.05) is 35.3 Å². The van der Waals surface area contributed by atoms with Crippen molar-refractivity contribution in [3.05, 3.63) is 57.8 Å². The molecule has 2 nitrogen and oxygen atoms in total. The van der Waals surface area contributed by atoms with Crippen LogP contribution in [-0.4, -0.2) is 6.61 Å². The van der Waals surface area contributed by atoms with E-state index in [0.29, 0.717) is 17.2 Å². The minimum absolute atomic E-state index is 0.0191. The molecule has 0 spiro atoms. The molecule has 0 aliphatic carbocycles. The SMILES string of the molecule is CCOc1ccccc1NC(C)c1cc(F)c(Cl)cc1Cl. The van der Waals surface area contributed by atoms with Crippen LogP contribution in [0.1, 0.15) is 25.5 Å². The molecule has 1 N–H and O–H groups in total. The van der Waals surface area contributed by atoms with Crippen molar-refractivity contribution in [2.45, 2.75) is 19.9 Å². The predicted octanol–water partition coefficient (Wildman–Crippen LogP) is 5.70. The Hall–Kier alpha value is -1.45. The standard InChI is InChI=1S/C16H16Cl2FNO/c1-3-21-16-7-5-4-6-15(16)20-10(2)11-8-14(19)13(18)9-12(11)17/h4-10,20H,3H2,1-2H3. The van der Waals surface area contributed by atoms with E-state index in [9.17, 15) is 4.39 Å². The number of para-hydroxylation sites is 2. The van der Waals surface area contributed by atoms with E-state index < -0.39 is 5.82 Å². The van der Waals surface area contributed by atoms with Gasteiger partial charge in [0.1, 0.15) is 11.6 Å². The quantitative estimate of drug-likeness (QED) is 0.710. The molecule has 5 heteroatoms. The number of hydrogen-bond acceptors (Lipinski definition) is 2. The van der Waals surface area contributed by atoms with E-state index in [2.05, 4.69) is 5.32 Å². The van der Waals surface area contributed by atoms with Crippen LogP contribution in [0.4, 0.5) is 10.1 Å². The first kappa shape index (κ1) is 15.9. The van der Waals surface area contributed by atoms with Crippen molar-refractivity contribution >= 4 is 28.9 Å². The molecule has 0 aliphatic rings. The number of nitrogens with one attached hydrogen (secondary N) is 1. The Morgan fingerprint density at radius 2 is 1.90 bits per heavy atom. The molecule has 112 valence electrons. The summed E-state index contributed by atoms with van der Waals surface area (Å²) < 4.78 is 19.2. The van der Waals surface area contributed by atoms with Crippen LogP contribution in [0.3, 0.4) is 0 Å². The highest BCUT2D eigenvalue weighted by atomic mass is 35.5. The lowest BCUT2D eigenvalue weighted by atomic mass is 10.1. The van der Waals surface area contributed by atoms with Crippen LogP contribution in [0.2, 0.25) is 10.0 Å². The predicted molar refractivity (Wildman–Crippen MR) is 86.1 cm³/mol. The highest BCUT2D eigenvalue weighted by Gasteiger charge is 2.14. The van der Waals surface area contributed by atoms with Gasteiger partial charge in [-0.2, -0.15) is 0 Å². The van der Waals surface area contributed by atoms with Gasteiger partial charge >= 0.3 is 0 Å². The summed E-state index contributed by atoms with van der Waals surface area (Å²) in [5.74, 6) is 0.264. The molecule has 0 radical (unpaired) electrons. The third-order valence-electron chi connectivity index (χ3n) is 3.07. The summed E-state index contributed by atoms with van der Waals surface area (Å²) in [5.41, 5.74) is 1.48. The molecule has 2 rings (SSSR count). The molecule has 0 aromatic heterocycles. The summed E-state index contributed by atoms with van der Waals surface area (Å²) in [6.45, 7) is 4.40. The Morgan fingerprint density at radius 3 is 2.62 bits per heavy atom. The second kappa shape index (κ2) is 7.01. The van der Waals surface area contributed by atoms with Gasteiger partial charge in [-0.25, -0.2) is 4.39 Å². The van der Waals surface area contributed by atoms with E-state index in [1.807, 2.05) is 38.1 Å². The van der Waals surface area contributed by atoms with Crippen LogP contribution < -0.4 is 10.1 Å². The summed E-state index contributed by atoms with van der Waals surface area (Å²) in [6.07, 6.45) is 0. The van der Waals surface area contributed by atoms with Crippen LogP contribution >= 0.6 is 23.2 Å². The monoisotopic (exact) mass is 327 g/mol.